The number of methoxy groups -OCH3 is 3. The molecule has 0 radical (unpaired) electrons. The summed E-state index contributed by atoms with van der Waals surface area (Å²) in [5.41, 5.74) is 4.22. The van der Waals surface area contributed by atoms with Crippen molar-refractivity contribution in [3.05, 3.63) is 107 Å². The average Bonchev–Trinajstić information content (AvgIpc) is 3.03. The number of nitrogens with one attached hydrogen (secondary N) is 1. The molecule has 0 saturated heterocycles. The van der Waals surface area contributed by atoms with E-state index in [1.54, 1.807) is 36.4 Å². The Hall–Kier alpha value is -4.55. The fraction of sp³-hybridized carbons (Fsp3) is 0.161. The van der Waals surface area contributed by atoms with Gasteiger partial charge in [-0.2, -0.15) is 5.10 Å². The van der Waals surface area contributed by atoms with Gasteiger partial charge in [-0.05, 0) is 63.5 Å². The molecule has 0 aliphatic heterocycles. The summed E-state index contributed by atoms with van der Waals surface area (Å²) in [6, 6.07) is 25.6. The van der Waals surface area contributed by atoms with Crippen LogP contribution in [0.4, 0.5) is 5.69 Å². The van der Waals surface area contributed by atoms with Crippen molar-refractivity contribution < 1.29 is 32.2 Å². The van der Waals surface area contributed by atoms with Crippen LogP contribution in [0.5, 0.6) is 23.0 Å². The fourth-order valence-corrected chi connectivity index (χ4v) is 6.05. The molecule has 0 unspecified atom stereocenters. The molecule has 0 fully saturated rings. The van der Waals surface area contributed by atoms with Gasteiger partial charge in [0.2, 0.25) is 0 Å². The van der Waals surface area contributed by atoms with Gasteiger partial charge in [-0.25, -0.2) is 13.8 Å². The fourth-order valence-electron chi connectivity index (χ4n) is 4.04. The highest BCUT2D eigenvalue weighted by Crippen LogP contribution is 2.37. The smallest absolute Gasteiger partial charge is 0.264 e. The number of rotatable bonds is 13. The third-order valence-corrected chi connectivity index (χ3v) is 8.53. The van der Waals surface area contributed by atoms with Crippen LogP contribution in [0.1, 0.15) is 11.1 Å². The summed E-state index contributed by atoms with van der Waals surface area (Å²) in [5.74, 6) is 1.04. The molecule has 4 aromatic carbocycles. The van der Waals surface area contributed by atoms with E-state index < -0.39 is 22.5 Å². The van der Waals surface area contributed by atoms with Gasteiger partial charge in [0, 0.05) is 6.07 Å². The lowest BCUT2D eigenvalue weighted by atomic mass is 10.2. The van der Waals surface area contributed by atoms with E-state index >= 15 is 0 Å². The topological polar surface area (TPSA) is 116 Å². The van der Waals surface area contributed by atoms with Gasteiger partial charge in [0.05, 0.1) is 42.6 Å². The number of carbonyl (C=O) groups excluding carboxylic acids is 1. The van der Waals surface area contributed by atoms with E-state index in [9.17, 15) is 13.2 Å². The molecule has 1 N–H and O–H groups in total. The van der Waals surface area contributed by atoms with Crippen LogP contribution in [-0.4, -0.2) is 48.4 Å². The highest BCUT2D eigenvalue weighted by atomic mass is 79.9. The first-order valence-corrected chi connectivity index (χ1v) is 15.2. The van der Waals surface area contributed by atoms with Crippen LogP contribution in [0.3, 0.4) is 0 Å². The van der Waals surface area contributed by atoms with Crippen LogP contribution in [0.2, 0.25) is 0 Å². The molecule has 4 rings (SSSR count). The second-order valence-electron chi connectivity index (χ2n) is 8.97. The summed E-state index contributed by atoms with van der Waals surface area (Å²) in [5, 5.41) is 4.04. The maximum atomic E-state index is 13.6. The minimum Gasteiger partial charge on any atom is -0.493 e. The normalized spacial score (nSPS) is 11.2. The van der Waals surface area contributed by atoms with Gasteiger partial charge in [-0.1, -0.05) is 48.5 Å². The third kappa shape index (κ3) is 7.85. The number of hydrazone groups is 1. The molecule has 43 heavy (non-hydrogen) atoms. The standard InChI is InChI=1S/C31H30BrN3O7S/c1-39-27-15-14-24(18-28(27)40-2)35(43(37,38)25-12-8-5-9-13-25)20-30(36)34-33-19-23-16-26(32)31(29(17-23)41-3)42-21-22-10-6-4-7-11-22/h4-19H,20-21H2,1-3H3,(H,34,36)/b33-19-. The van der Waals surface area contributed by atoms with Gasteiger partial charge in [0.25, 0.3) is 15.9 Å². The monoisotopic (exact) mass is 667 g/mol. The van der Waals surface area contributed by atoms with Gasteiger partial charge >= 0.3 is 0 Å². The lowest BCUT2D eigenvalue weighted by Crippen LogP contribution is -2.39. The Kier molecular flexibility index (Phi) is 10.6. The van der Waals surface area contributed by atoms with Crippen molar-refractivity contribution in [2.24, 2.45) is 5.10 Å². The van der Waals surface area contributed by atoms with Crippen molar-refractivity contribution in [1.82, 2.24) is 5.43 Å². The highest BCUT2D eigenvalue weighted by Gasteiger charge is 2.28. The zero-order valence-electron chi connectivity index (χ0n) is 23.7. The molecule has 1 amide bonds. The zero-order chi connectivity index (χ0) is 30.8. The van der Waals surface area contributed by atoms with E-state index in [1.165, 1.54) is 51.8 Å². The lowest BCUT2D eigenvalue weighted by Gasteiger charge is -2.24. The molecule has 4 aromatic rings. The number of nitrogens with zero attached hydrogens (tertiary/aromatic N) is 2. The van der Waals surface area contributed by atoms with Crippen molar-refractivity contribution in [2.75, 3.05) is 32.2 Å². The number of anilines is 1. The molecule has 0 heterocycles. The lowest BCUT2D eigenvalue weighted by molar-refractivity contribution is -0.119. The van der Waals surface area contributed by atoms with E-state index in [2.05, 4.69) is 26.5 Å². The van der Waals surface area contributed by atoms with Gasteiger partial charge in [0.15, 0.2) is 23.0 Å². The predicted molar refractivity (Wildman–Crippen MR) is 168 cm³/mol. The molecule has 0 aliphatic carbocycles. The Morgan fingerprint density at radius 1 is 0.860 bits per heavy atom. The van der Waals surface area contributed by atoms with Crippen LogP contribution in [0.25, 0.3) is 0 Å². The van der Waals surface area contributed by atoms with Gasteiger partial charge in [-0.3, -0.25) is 9.10 Å². The molecule has 0 aliphatic rings. The number of amides is 1. The Morgan fingerprint density at radius 3 is 2.16 bits per heavy atom. The molecule has 0 aromatic heterocycles. The first kappa shape index (κ1) is 31.4. The second kappa shape index (κ2) is 14.6. The van der Waals surface area contributed by atoms with Crippen molar-refractivity contribution in [3.8, 4) is 23.0 Å². The quantitative estimate of drug-likeness (QED) is 0.150. The average molecular weight is 669 g/mol. The summed E-state index contributed by atoms with van der Waals surface area (Å²) in [4.78, 5) is 13.0. The van der Waals surface area contributed by atoms with Crippen LogP contribution >= 0.6 is 15.9 Å². The number of sulfonamides is 1. The maximum absolute atomic E-state index is 13.6. The Morgan fingerprint density at radius 2 is 1.51 bits per heavy atom. The number of hydrogen-bond donors (Lipinski definition) is 1. The van der Waals surface area contributed by atoms with Crippen molar-refractivity contribution in [3.63, 3.8) is 0 Å². The molecule has 224 valence electrons. The highest BCUT2D eigenvalue weighted by molar-refractivity contribution is 9.10. The molecule has 0 spiro atoms. The molecule has 0 saturated carbocycles. The molecule has 0 atom stereocenters. The predicted octanol–water partition coefficient (Wildman–Crippen LogP) is 5.40. The first-order valence-electron chi connectivity index (χ1n) is 12.9. The number of carbonyl (C=O) groups is 1. The van der Waals surface area contributed by atoms with Crippen molar-refractivity contribution in [2.45, 2.75) is 11.5 Å². The largest absolute Gasteiger partial charge is 0.493 e. The van der Waals surface area contributed by atoms with Crippen LogP contribution in [0.15, 0.2) is 105 Å². The second-order valence-corrected chi connectivity index (χ2v) is 11.7. The molecule has 0 bridgehead atoms. The Balaban J connectivity index is 1.52. The molecule has 10 nitrogen and oxygen atoms in total. The van der Waals surface area contributed by atoms with E-state index in [0.29, 0.717) is 39.6 Å². The third-order valence-electron chi connectivity index (χ3n) is 6.15. The molecular formula is C31H30BrN3O7S. The Labute approximate surface area is 259 Å². The number of halogens is 1. The maximum Gasteiger partial charge on any atom is 0.264 e. The molecular weight excluding hydrogens is 638 g/mol. The SMILES string of the molecule is COc1ccc(N(CC(=O)N/N=C\c2cc(Br)c(OCc3ccccc3)c(OC)c2)S(=O)(=O)c2ccccc2)cc1OC. The minimum atomic E-state index is -4.13. The summed E-state index contributed by atoms with van der Waals surface area (Å²) in [6.07, 6.45) is 1.42. The summed E-state index contributed by atoms with van der Waals surface area (Å²) < 4.78 is 50.9. The summed E-state index contributed by atoms with van der Waals surface area (Å²) in [6.45, 7) is -0.203. The summed E-state index contributed by atoms with van der Waals surface area (Å²) >= 11 is 3.51. The van der Waals surface area contributed by atoms with Crippen molar-refractivity contribution in [1.29, 1.82) is 0 Å². The zero-order valence-corrected chi connectivity index (χ0v) is 26.1. The van der Waals surface area contributed by atoms with E-state index in [-0.39, 0.29) is 10.6 Å². The number of hydrogen-bond acceptors (Lipinski definition) is 8. The van der Waals surface area contributed by atoms with Gasteiger partial charge in [-0.15, -0.1) is 0 Å². The van der Waals surface area contributed by atoms with Crippen LogP contribution in [0, 0.1) is 0 Å². The van der Waals surface area contributed by atoms with Gasteiger partial charge in [0.1, 0.15) is 13.2 Å². The number of benzene rings is 4. The van der Waals surface area contributed by atoms with Crippen LogP contribution in [-0.2, 0) is 21.4 Å². The van der Waals surface area contributed by atoms with E-state index in [1.807, 2.05) is 30.3 Å². The van der Waals surface area contributed by atoms with Crippen molar-refractivity contribution >= 4 is 43.8 Å². The van der Waals surface area contributed by atoms with E-state index in [4.69, 9.17) is 18.9 Å². The Bertz CT molecular complexity index is 1680. The van der Waals surface area contributed by atoms with E-state index in [0.717, 1.165) is 9.87 Å². The first-order chi connectivity index (χ1) is 20.8. The molecule has 12 heteroatoms. The summed E-state index contributed by atoms with van der Waals surface area (Å²) in [7, 11) is 0.307. The minimum absolute atomic E-state index is 0.0209. The number of ether oxygens (including phenoxy) is 4. The van der Waals surface area contributed by atoms with Gasteiger partial charge < -0.3 is 18.9 Å². The van der Waals surface area contributed by atoms with Crippen LogP contribution < -0.4 is 28.7 Å².